The lowest BCUT2D eigenvalue weighted by atomic mass is 10.1. The van der Waals surface area contributed by atoms with Gasteiger partial charge in [-0.15, -0.1) is 0 Å². The topological polar surface area (TPSA) is 16.6 Å². The maximum absolute atomic E-state index is 12.2. The average molecular weight is 104 g/mol. The van der Waals surface area contributed by atoms with Crippen molar-refractivity contribution in [2.45, 2.75) is 19.0 Å². The van der Waals surface area contributed by atoms with Crippen LogP contribution in [0.3, 0.4) is 0 Å². The number of halogens is 1. The van der Waals surface area contributed by atoms with Gasteiger partial charge in [0.15, 0.2) is 0 Å². The van der Waals surface area contributed by atoms with E-state index >= 15 is 0 Å². The second-order valence-electron chi connectivity index (χ2n) is 2.05. The molecule has 1 saturated heterocycles. The lowest BCUT2D eigenvalue weighted by Crippen LogP contribution is -2.87. The fourth-order valence-corrected chi connectivity index (χ4v) is 0.900. The van der Waals surface area contributed by atoms with Crippen LogP contribution in [0.2, 0.25) is 0 Å². The van der Waals surface area contributed by atoms with Crippen molar-refractivity contribution >= 4 is 0 Å². The van der Waals surface area contributed by atoms with E-state index in [1.165, 1.54) is 0 Å². The maximum Gasteiger partial charge on any atom is 0.149 e. The van der Waals surface area contributed by atoms with Crippen molar-refractivity contribution in [1.82, 2.24) is 0 Å². The Labute approximate surface area is 42.9 Å². The highest BCUT2D eigenvalue weighted by molar-refractivity contribution is 4.54. The van der Waals surface area contributed by atoms with Crippen LogP contribution in [0.15, 0.2) is 0 Å². The molecule has 2 heteroatoms. The smallest absolute Gasteiger partial charge is 0.149 e. The van der Waals surface area contributed by atoms with Gasteiger partial charge in [-0.3, -0.25) is 0 Å². The standard InChI is InChI=1S/C5H10FN/c6-5-2-1-3-7-4-5/h5,7H,1-4H2/p+1/t5-/m1/s1. The molecular weight excluding hydrogens is 93.1 g/mol. The summed E-state index contributed by atoms with van der Waals surface area (Å²) in [5, 5.41) is 2.04. The van der Waals surface area contributed by atoms with Crippen molar-refractivity contribution in [2.75, 3.05) is 13.1 Å². The molecule has 0 radical (unpaired) electrons. The number of hydrogen-bond acceptors (Lipinski definition) is 0. The fourth-order valence-electron chi connectivity index (χ4n) is 0.900. The van der Waals surface area contributed by atoms with Crippen LogP contribution in [-0.4, -0.2) is 19.3 Å². The van der Waals surface area contributed by atoms with E-state index in [1.807, 2.05) is 5.32 Å². The zero-order valence-corrected chi connectivity index (χ0v) is 4.36. The molecule has 7 heavy (non-hydrogen) atoms. The number of quaternary nitrogens is 1. The van der Waals surface area contributed by atoms with Gasteiger partial charge in [0.2, 0.25) is 0 Å². The van der Waals surface area contributed by atoms with Crippen molar-refractivity contribution in [3.05, 3.63) is 0 Å². The zero-order chi connectivity index (χ0) is 5.11. The summed E-state index contributed by atoms with van der Waals surface area (Å²) in [4.78, 5) is 0. The Morgan fingerprint density at radius 2 is 2.43 bits per heavy atom. The predicted octanol–water partition coefficient (Wildman–Crippen LogP) is -0.318. The van der Waals surface area contributed by atoms with Crippen molar-refractivity contribution in [2.24, 2.45) is 0 Å². The average Bonchev–Trinajstić information content (AvgIpc) is 1.69. The van der Waals surface area contributed by atoms with Crippen molar-refractivity contribution in [3.8, 4) is 0 Å². The van der Waals surface area contributed by atoms with Crippen LogP contribution in [0, 0.1) is 0 Å². The third-order valence-corrected chi connectivity index (χ3v) is 1.35. The molecule has 0 saturated carbocycles. The molecule has 0 amide bonds. The van der Waals surface area contributed by atoms with E-state index in [0.717, 1.165) is 19.4 Å². The van der Waals surface area contributed by atoms with Gasteiger partial charge in [0.1, 0.15) is 12.7 Å². The molecule has 0 unspecified atom stereocenters. The quantitative estimate of drug-likeness (QED) is 0.434. The van der Waals surface area contributed by atoms with Crippen molar-refractivity contribution in [3.63, 3.8) is 0 Å². The summed E-state index contributed by atoms with van der Waals surface area (Å²) < 4.78 is 12.2. The SMILES string of the molecule is F[C@@H]1CCC[NH2+]C1. The summed E-state index contributed by atoms with van der Waals surface area (Å²) in [7, 11) is 0. The first-order chi connectivity index (χ1) is 3.39. The van der Waals surface area contributed by atoms with Crippen LogP contribution >= 0.6 is 0 Å². The Hall–Kier alpha value is -0.110. The van der Waals surface area contributed by atoms with E-state index < -0.39 is 6.17 Å². The van der Waals surface area contributed by atoms with E-state index in [1.54, 1.807) is 0 Å². The Morgan fingerprint density at radius 1 is 1.57 bits per heavy atom. The molecule has 0 aromatic carbocycles. The highest BCUT2D eigenvalue weighted by atomic mass is 19.1. The van der Waals surface area contributed by atoms with Crippen molar-refractivity contribution < 1.29 is 9.71 Å². The Bertz CT molecular complexity index is 50.0. The van der Waals surface area contributed by atoms with Crippen molar-refractivity contribution in [1.29, 1.82) is 0 Å². The maximum atomic E-state index is 12.2. The molecule has 0 bridgehead atoms. The summed E-state index contributed by atoms with van der Waals surface area (Å²) in [5.74, 6) is 0. The minimum Gasteiger partial charge on any atom is -0.344 e. The van der Waals surface area contributed by atoms with Gasteiger partial charge in [0, 0.05) is 0 Å². The fraction of sp³-hybridized carbons (Fsp3) is 1.00. The number of alkyl halides is 1. The summed E-state index contributed by atoms with van der Waals surface area (Å²) in [5.41, 5.74) is 0. The molecular formula is C5H11FN+. The van der Waals surface area contributed by atoms with E-state index in [2.05, 4.69) is 0 Å². The second kappa shape index (κ2) is 2.26. The molecule has 0 aromatic heterocycles. The molecule has 42 valence electrons. The van der Waals surface area contributed by atoms with Crippen LogP contribution in [0.5, 0.6) is 0 Å². The second-order valence-corrected chi connectivity index (χ2v) is 2.05. The van der Waals surface area contributed by atoms with Crippen LogP contribution in [0.25, 0.3) is 0 Å². The first kappa shape index (κ1) is 5.04. The molecule has 1 atom stereocenters. The normalized spacial score (nSPS) is 33.0. The highest BCUT2D eigenvalue weighted by Gasteiger charge is 2.12. The summed E-state index contributed by atoms with van der Waals surface area (Å²) >= 11 is 0. The summed E-state index contributed by atoms with van der Waals surface area (Å²) in [6.07, 6.45) is 1.33. The Balaban J connectivity index is 2.12. The van der Waals surface area contributed by atoms with Crippen LogP contribution in [0.4, 0.5) is 4.39 Å². The van der Waals surface area contributed by atoms with E-state index in [-0.39, 0.29) is 0 Å². The van der Waals surface area contributed by atoms with Gasteiger partial charge in [-0.05, 0) is 12.8 Å². The monoisotopic (exact) mass is 104 g/mol. The Kier molecular flexibility index (Phi) is 1.63. The molecule has 1 aliphatic heterocycles. The number of nitrogens with two attached hydrogens (primary N) is 1. The van der Waals surface area contributed by atoms with Gasteiger partial charge in [-0.25, -0.2) is 4.39 Å². The van der Waals surface area contributed by atoms with Gasteiger partial charge in [0.05, 0.1) is 6.54 Å². The van der Waals surface area contributed by atoms with Gasteiger partial charge >= 0.3 is 0 Å². The third kappa shape index (κ3) is 1.43. The molecule has 0 aliphatic carbocycles. The third-order valence-electron chi connectivity index (χ3n) is 1.35. The minimum absolute atomic E-state index is 0.520. The molecule has 1 rings (SSSR count). The molecule has 0 spiro atoms. The zero-order valence-electron chi connectivity index (χ0n) is 4.36. The first-order valence-corrected chi connectivity index (χ1v) is 2.85. The highest BCUT2D eigenvalue weighted by Crippen LogP contribution is 1.99. The molecule has 1 fully saturated rings. The van der Waals surface area contributed by atoms with Crippen LogP contribution in [-0.2, 0) is 0 Å². The molecule has 1 nitrogen and oxygen atoms in total. The van der Waals surface area contributed by atoms with Gasteiger partial charge in [0.25, 0.3) is 0 Å². The van der Waals surface area contributed by atoms with E-state index in [9.17, 15) is 4.39 Å². The summed E-state index contributed by atoms with van der Waals surface area (Å²) in [6, 6.07) is 0. The molecule has 2 N–H and O–H groups in total. The van der Waals surface area contributed by atoms with Gasteiger partial charge in [-0.1, -0.05) is 0 Å². The molecule has 0 aromatic rings. The minimum atomic E-state index is -0.520. The lowest BCUT2D eigenvalue weighted by Gasteiger charge is -2.11. The number of hydrogen-bond donors (Lipinski definition) is 1. The van der Waals surface area contributed by atoms with Gasteiger partial charge < -0.3 is 5.32 Å². The largest absolute Gasteiger partial charge is 0.344 e. The first-order valence-electron chi connectivity index (χ1n) is 2.85. The van der Waals surface area contributed by atoms with E-state index in [0.29, 0.717) is 6.54 Å². The van der Waals surface area contributed by atoms with Gasteiger partial charge in [-0.2, -0.15) is 0 Å². The predicted molar refractivity (Wildman–Crippen MR) is 25.8 cm³/mol. The van der Waals surface area contributed by atoms with Crippen LogP contribution in [0.1, 0.15) is 12.8 Å². The number of rotatable bonds is 0. The van der Waals surface area contributed by atoms with E-state index in [4.69, 9.17) is 0 Å². The molecule has 1 heterocycles. The Morgan fingerprint density at radius 3 is 2.71 bits per heavy atom. The van der Waals surface area contributed by atoms with Crippen LogP contribution < -0.4 is 5.32 Å². The lowest BCUT2D eigenvalue weighted by molar-refractivity contribution is -0.667. The number of piperidine rings is 1. The summed E-state index contributed by atoms with van der Waals surface area (Å²) in [6.45, 7) is 1.82. The molecule has 1 aliphatic rings.